The summed E-state index contributed by atoms with van der Waals surface area (Å²) in [6.07, 6.45) is 0. The molecule has 0 aliphatic carbocycles. The molecular formula is C15H11BrF2N2O2S. The summed E-state index contributed by atoms with van der Waals surface area (Å²) in [5, 5.41) is 4.70. The Morgan fingerprint density at radius 2 is 1.87 bits per heavy atom. The molecule has 2 aromatic rings. The summed E-state index contributed by atoms with van der Waals surface area (Å²) in [5.74, 6) is -1.50. The molecule has 0 aliphatic rings. The van der Waals surface area contributed by atoms with E-state index in [0.29, 0.717) is 11.8 Å². The molecule has 0 saturated carbocycles. The molecule has 23 heavy (non-hydrogen) atoms. The molecule has 0 radical (unpaired) electrons. The smallest absolute Gasteiger partial charge is 0.264 e. The van der Waals surface area contributed by atoms with Gasteiger partial charge in [0.15, 0.2) is 11.7 Å². The van der Waals surface area contributed by atoms with E-state index in [-0.39, 0.29) is 17.4 Å². The summed E-state index contributed by atoms with van der Waals surface area (Å²) in [6, 6.07) is 9.91. The number of ether oxygens (including phenoxy) is 1. The molecule has 0 aromatic heterocycles. The number of hydrogen-bond acceptors (Lipinski definition) is 3. The van der Waals surface area contributed by atoms with E-state index in [1.54, 1.807) is 24.3 Å². The maximum absolute atomic E-state index is 13.4. The van der Waals surface area contributed by atoms with E-state index in [1.807, 2.05) is 0 Å². The molecule has 0 aliphatic heterocycles. The molecule has 0 fully saturated rings. The molecule has 0 spiro atoms. The number of carbonyl (C=O) groups is 1. The molecular weight excluding hydrogens is 390 g/mol. The van der Waals surface area contributed by atoms with Crippen molar-refractivity contribution in [1.82, 2.24) is 5.32 Å². The van der Waals surface area contributed by atoms with E-state index in [9.17, 15) is 13.6 Å². The van der Waals surface area contributed by atoms with E-state index in [1.165, 1.54) is 6.07 Å². The second kappa shape index (κ2) is 7.98. The first-order chi connectivity index (χ1) is 10.9. The lowest BCUT2D eigenvalue weighted by Gasteiger charge is -2.11. The molecule has 2 aromatic carbocycles. The number of benzene rings is 2. The summed E-state index contributed by atoms with van der Waals surface area (Å²) in [4.78, 5) is 11.7. The Balaban J connectivity index is 1.82. The number of carbonyl (C=O) groups excluding carboxylic acids is 1. The first kappa shape index (κ1) is 17.3. The average molecular weight is 401 g/mol. The highest BCUT2D eigenvalue weighted by Crippen LogP contribution is 2.16. The van der Waals surface area contributed by atoms with Crippen LogP contribution in [0.25, 0.3) is 0 Å². The van der Waals surface area contributed by atoms with Crippen LogP contribution in [0.2, 0.25) is 0 Å². The van der Waals surface area contributed by atoms with Gasteiger partial charge in [0.25, 0.3) is 5.91 Å². The van der Waals surface area contributed by atoms with Gasteiger partial charge >= 0.3 is 0 Å². The monoisotopic (exact) mass is 400 g/mol. The van der Waals surface area contributed by atoms with Gasteiger partial charge in [-0.25, -0.2) is 8.78 Å². The van der Waals surface area contributed by atoms with E-state index >= 15 is 0 Å². The highest BCUT2D eigenvalue weighted by Gasteiger charge is 2.09. The zero-order chi connectivity index (χ0) is 16.8. The highest BCUT2D eigenvalue weighted by atomic mass is 79.9. The zero-order valence-electron chi connectivity index (χ0n) is 11.6. The molecule has 1 amide bonds. The van der Waals surface area contributed by atoms with Gasteiger partial charge in [-0.3, -0.25) is 10.1 Å². The van der Waals surface area contributed by atoms with Crippen molar-refractivity contribution in [1.29, 1.82) is 0 Å². The van der Waals surface area contributed by atoms with Crippen molar-refractivity contribution in [3.63, 3.8) is 0 Å². The molecule has 0 saturated heterocycles. The van der Waals surface area contributed by atoms with Crippen LogP contribution in [0.1, 0.15) is 0 Å². The molecule has 0 bridgehead atoms. The first-order valence-corrected chi connectivity index (χ1v) is 7.58. The number of halogens is 3. The van der Waals surface area contributed by atoms with Crippen LogP contribution in [0.5, 0.6) is 5.75 Å². The minimum atomic E-state index is -0.812. The quantitative estimate of drug-likeness (QED) is 0.769. The molecule has 2 N–H and O–H groups in total. The number of anilines is 1. The van der Waals surface area contributed by atoms with Gasteiger partial charge in [0, 0.05) is 10.5 Å². The van der Waals surface area contributed by atoms with E-state index in [4.69, 9.17) is 17.0 Å². The van der Waals surface area contributed by atoms with Gasteiger partial charge in [-0.1, -0.05) is 15.9 Å². The van der Waals surface area contributed by atoms with Crippen LogP contribution in [-0.4, -0.2) is 17.6 Å². The van der Waals surface area contributed by atoms with Crippen molar-refractivity contribution in [2.24, 2.45) is 0 Å². The molecule has 120 valence electrons. The third-order valence-electron chi connectivity index (χ3n) is 2.62. The fourth-order valence-electron chi connectivity index (χ4n) is 1.59. The standard InChI is InChI=1S/C15H11BrF2N2O2S/c16-9-1-4-11(5-2-9)22-8-14(21)20-15(23)19-13-6-3-10(17)7-12(13)18/h1-7H,8H2,(H2,19,20,21,23). The largest absolute Gasteiger partial charge is 0.484 e. The average Bonchev–Trinajstić information content (AvgIpc) is 2.49. The first-order valence-electron chi connectivity index (χ1n) is 6.38. The third kappa shape index (κ3) is 5.57. The van der Waals surface area contributed by atoms with Gasteiger partial charge in [-0.2, -0.15) is 0 Å². The van der Waals surface area contributed by atoms with Gasteiger partial charge < -0.3 is 10.1 Å². The van der Waals surface area contributed by atoms with Gasteiger partial charge in [0.05, 0.1) is 5.69 Å². The summed E-state index contributed by atoms with van der Waals surface area (Å²) in [5.41, 5.74) is -0.0365. The number of hydrogen-bond donors (Lipinski definition) is 2. The highest BCUT2D eigenvalue weighted by molar-refractivity contribution is 9.10. The molecule has 0 atom stereocenters. The maximum Gasteiger partial charge on any atom is 0.264 e. The minimum Gasteiger partial charge on any atom is -0.484 e. The Labute approximate surface area is 145 Å². The Kier molecular flexibility index (Phi) is 6.00. The van der Waals surface area contributed by atoms with Crippen molar-refractivity contribution >= 4 is 44.9 Å². The lowest BCUT2D eigenvalue weighted by Crippen LogP contribution is -2.37. The van der Waals surface area contributed by atoms with Crippen LogP contribution in [0.15, 0.2) is 46.9 Å². The van der Waals surface area contributed by atoms with Crippen LogP contribution in [0, 0.1) is 11.6 Å². The van der Waals surface area contributed by atoms with Crippen molar-refractivity contribution in [2.75, 3.05) is 11.9 Å². The summed E-state index contributed by atoms with van der Waals surface area (Å²) in [6.45, 7) is -0.255. The molecule has 2 rings (SSSR count). The van der Waals surface area contributed by atoms with Crippen molar-refractivity contribution < 1.29 is 18.3 Å². The number of nitrogens with one attached hydrogen (secondary N) is 2. The predicted octanol–water partition coefficient (Wildman–Crippen LogP) is 3.62. The Bertz CT molecular complexity index is 726. The Morgan fingerprint density at radius 1 is 1.17 bits per heavy atom. The fourth-order valence-corrected chi connectivity index (χ4v) is 2.07. The number of rotatable bonds is 4. The Hall–Kier alpha value is -2.06. The lowest BCUT2D eigenvalue weighted by molar-refractivity contribution is -0.121. The second-order valence-corrected chi connectivity index (χ2v) is 5.69. The van der Waals surface area contributed by atoms with Crippen molar-refractivity contribution in [3.05, 3.63) is 58.6 Å². The second-order valence-electron chi connectivity index (χ2n) is 4.37. The topological polar surface area (TPSA) is 50.4 Å². The molecule has 0 heterocycles. The number of thiocarbonyl (C=S) groups is 1. The van der Waals surface area contributed by atoms with Crippen molar-refractivity contribution in [2.45, 2.75) is 0 Å². The van der Waals surface area contributed by atoms with Gasteiger partial charge in [0.1, 0.15) is 17.4 Å². The van der Waals surface area contributed by atoms with Crippen LogP contribution in [0.4, 0.5) is 14.5 Å². The SMILES string of the molecule is O=C(COc1ccc(Br)cc1)NC(=S)Nc1ccc(F)cc1F. The van der Waals surface area contributed by atoms with Crippen LogP contribution in [0.3, 0.4) is 0 Å². The zero-order valence-corrected chi connectivity index (χ0v) is 14.0. The van der Waals surface area contributed by atoms with Crippen LogP contribution < -0.4 is 15.4 Å². The van der Waals surface area contributed by atoms with E-state index in [2.05, 4.69) is 26.6 Å². The molecule has 4 nitrogen and oxygen atoms in total. The van der Waals surface area contributed by atoms with Crippen molar-refractivity contribution in [3.8, 4) is 5.75 Å². The van der Waals surface area contributed by atoms with Gasteiger partial charge in [-0.05, 0) is 48.6 Å². The predicted molar refractivity (Wildman–Crippen MR) is 90.4 cm³/mol. The van der Waals surface area contributed by atoms with Gasteiger partial charge in [-0.15, -0.1) is 0 Å². The summed E-state index contributed by atoms with van der Waals surface area (Å²) in [7, 11) is 0. The van der Waals surface area contributed by atoms with E-state index < -0.39 is 17.5 Å². The third-order valence-corrected chi connectivity index (χ3v) is 3.35. The maximum atomic E-state index is 13.4. The lowest BCUT2D eigenvalue weighted by atomic mass is 10.3. The summed E-state index contributed by atoms with van der Waals surface area (Å²) >= 11 is 8.17. The van der Waals surface area contributed by atoms with Crippen LogP contribution >= 0.6 is 28.1 Å². The molecule has 8 heteroatoms. The Morgan fingerprint density at radius 3 is 2.52 bits per heavy atom. The molecule has 0 unspecified atom stereocenters. The fraction of sp³-hybridized carbons (Fsp3) is 0.0667. The van der Waals surface area contributed by atoms with Gasteiger partial charge in [0.2, 0.25) is 0 Å². The number of amides is 1. The van der Waals surface area contributed by atoms with Crippen LogP contribution in [-0.2, 0) is 4.79 Å². The minimum absolute atomic E-state index is 0.0365. The van der Waals surface area contributed by atoms with E-state index in [0.717, 1.165) is 10.5 Å². The normalized spacial score (nSPS) is 10.0. The summed E-state index contributed by atoms with van der Waals surface area (Å²) < 4.78 is 32.4.